The van der Waals surface area contributed by atoms with Gasteiger partial charge in [-0.05, 0) is 19.1 Å². The fourth-order valence-corrected chi connectivity index (χ4v) is 2.49. The summed E-state index contributed by atoms with van der Waals surface area (Å²) in [6, 6.07) is 0. The van der Waals surface area contributed by atoms with Crippen LogP contribution in [0.2, 0.25) is 0 Å². The summed E-state index contributed by atoms with van der Waals surface area (Å²) < 4.78 is 44.1. The maximum absolute atomic E-state index is 11.3. The zero-order valence-electron chi connectivity index (χ0n) is 11.2. The van der Waals surface area contributed by atoms with Crippen molar-refractivity contribution in [2.45, 2.75) is 6.92 Å². The van der Waals surface area contributed by atoms with Crippen LogP contribution in [0.4, 0.5) is 0 Å². The monoisotopic (exact) mass is 319 g/mol. The van der Waals surface area contributed by atoms with Crippen molar-refractivity contribution < 1.29 is 17.4 Å². The lowest BCUT2D eigenvalue weighted by Crippen LogP contribution is -2.31. The van der Waals surface area contributed by atoms with Crippen molar-refractivity contribution in [3.8, 4) is 0 Å². The van der Waals surface area contributed by atoms with E-state index in [9.17, 15) is 12.6 Å². The van der Waals surface area contributed by atoms with E-state index in [2.05, 4.69) is 9.12 Å². The largest absolute Gasteiger partial charge is 0.500 e. The molecule has 0 aromatic carbocycles. The van der Waals surface area contributed by atoms with Crippen molar-refractivity contribution in [1.82, 2.24) is 4.72 Å². The van der Waals surface area contributed by atoms with E-state index < -0.39 is 21.0 Å². The van der Waals surface area contributed by atoms with Crippen LogP contribution < -0.4 is 10.5 Å². The first-order valence-electron chi connectivity index (χ1n) is 5.66. The molecule has 0 saturated carbocycles. The predicted molar refractivity (Wildman–Crippen MR) is 79.5 cm³/mol. The number of amidine groups is 1. The number of nitrogens with one attached hydrogen (secondary N) is 1. The van der Waals surface area contributed by atoms with E-state index in [0.29, 0.717) is 23.6 Å². The quantitative estimate of drug-likeness (QED) is 0.404. The lowest BCUT2D eigenvalue weighted by molar-refractivity contribution is 0.272. The van der Waals surface area contributed by atoms with Gasteiger partial charge in [-0.25, -0.2) is 0 Å². The van der Waals surface area contributed by atoms with Gasteiger partial charge in [-0.2, -0.15) is 8.42 Å². The van der Waals surface area contributed by atoms with Gasteiger partial charge in [0.15, 0.2) is 0 Å². The molecule has 9 heteroatoms. The molecule has 0 spiro atoms. The fourth-order valence-electron chi connectivity index (χ4n) is 1.22. The van der Waals surface area contributed by atoms with Gasteiger partial charge in [0, 0.05) is 22.6 Å². The second kappa shape index (κ2) is 7.25. The van der Waals surface area contributed by atoms with E-state index in [1.807, 2.05) is 0 Å². The molecule has 1 heterocycles. The molecule has 0 amide bonds. The second-order valence-electron chi connectivity index (χ2n) is 3.93. The lowest BCUT2D eigenvalue weighted by Gasteiger charge is -2.14. The highest BCUT2D eigenvalue weighted by Crippen LogP contribution is 2.11. The standard InChI is InChI=1S/C11H17N3O4S2/c1-9-10(13-20(16,17)14-11(9)12)5-3-4-6-18-7-8-19(2)15/h3-6,13H,7-8H2,1-2H3,(H2,12,14)/b5-3-,6-4+. The Morgan fingerprint density at radius 3 is 2.80 bits per heavy atom. The Balaban J connectivity index is 2.58. The van der Waals surface area contributed by atoms with Gasteiger partial charge in [0.25, 0.3) is 0 Å². The van der Waals surface area contributed by atoms with Crippen LogP contribution in [0, 0.1) is 0 Å². The summed E-state index contributed by atoms with van der Waals surface area (Å²) in [7, 11) is -4.64. The topological polar surface area (TPSA) is 111 Å². The average molecular weight is 319 g/mol. The number of rotatable bonds is 6. The first-order chi connectivity index (χ1) is 9.32. The van der Waals surface area contributed by atoms with Crippen LogP contribution in [0.15, 0.2) is 40.2 Å². The van der Waals surface area contributed by atoms with Crippen LogP contribution in [-0.4, -0.2) is 37.1 Å². The van der Waals surface area contributed by atoms with Crippen LogP contribution in [0.3, 0.4) is 0 Å². The van der Waals surface area contributed by atoms with Crippen molar-refractivity contribution in [3.05, 3.63) is 35.8 Å². The maximum atomic E-state index is 11.3. The van der Waals surface area contributed by atoms with E-state index in [-0.39, 0.29) is 5.84 Å². The van der Waals surface area contributed by atoms with Crippen LogP contribution in [-0.2, 0) is 25.7 Å². The van der Waals surface area contributed by atoms with Crippen molar-refractivity contribution in [3.63, 3.8) is 0 Å². The van der Waals surface area contributed by atoms with Crippen LogP contribution in [0.5, 0.6) is 0 Å². The van der Waals surface area contributed by atoms with E-state index in [4.69, 9.17) is 10.5 Å². The first-order valence-corrected chi connectivity index (χ1v) is 8.83. The predicted octanol–water partition coefficient (Wildman–Crippen LogP) is -0.0694. The summed E-state index contributed by atoms with van der Waals surface area (Å²) in [6.45, 7) is 2.03. The summed E-state index contributed by atoms with van der Waals surface area (Å²) in [6.07, 6.45) is 7.78. The Hall–Kier alpha value is -1.61. The molecule has 0 radical (unpaired) electrons. The minimum Gasteiger partial charge on any atom is -0.500 e. The average Bonchev–Trinajstić information content (AvgIpc) is 2.32. The Morgan fingerprint density at radius 2 is 2.15 bits per heavy atom. The number of hydrogen-bond acceptors (Lipinski definition) is 5. The number of ether oxygens (including phenoxy) is 1. The van der Waals surface area contributed by atoms with E-state index in [1.54, 1.807) is 31.4 Å². The Labute approximate surface area is 120 Å². The van der Waals surface area contributed by atoms with Gasteiger partial charge in [0.2, 0.25) is 0 Å². The van der Waals surface area contributed by atoms with Crippen molar-refractivity contribution >= 4 is 26.8 Å². The Morgan fingerprint density at radius 1 is 1.45 bits per heavy atom. The molecule has 112 valence electrons. The SMILES string of the molecule is CC1=C(/C=C\C=C\OCCS(C)=O)NS(=O)(=O)N=C1N. The number of hydrogen-bond donors (Lipinski definition) is 2. The molecule has 0 fully saturated rings. The summed E-state index contributed by atoms with van der Waals surface area (Å²) in [5, 5.41) is 0. The third-order valence-corrected chi connectivity index (χ3v) is 3.94. The van der Waals surface area contributed by atoms with Gasteiger partial charge in [0.1, 0.15) is 5.84 Å². The highest BCUT2D eigenvalue weighted by Gasteiger charge is 2.18. The zero-order valence-corrected chi connectivity index (χ0v) is 12.8. The van der Waals surface area contributed by atoms with Crippen LogP contribution >= 0.6 is 0 Å². The third kappa shape index (κ3) is 5.57. The third-order valence-electron chi connectivity index (χ3n) is 2.28. The molecule has 3 N–H and O–H groups in total. The van der Waals surface area contributed by atoms with E-state index in [1.165, 1.54) is 6.26 Å². The Bertz CT molecular complexity index is 603. The van der Waals surface area contributed by atoms with Crippen LogP contribution in [0.25, 0.3) is 0 Å². The molecule has 1 rings (SSSR count). The molecule has 1 atom stereocenters. The number of nitrogens with zero attached hydrogens (tertiary/aromatic N) is 1. The molecule has 7 nitrogen and oxygen atoms in total. The molecule has 20 heavy (non-hydrogen) atoms. The molecule has 1 aliphatic heterocycles. The number of nitrogens with two attached hydrogens (primary N) is 1. The van der Waals surface area contributed by atoms with Gasteiger partial charge in [0.05, 0.1) is 24.3 Å². The summed E-state index contributed by atoms with van der Waals surface area (Å²) in [5.41, 5.74) is 6.42. The van der Waals surface area contributed by atoms with Crippen molar-refractivity contribution in [2.75, 3.05) is 18.6 Å². The van der Waals surface area contributed by atoms with Gasteiger partial charge in [-0.3, -0.25) is 8.93 Å². The Kier molecular flexibility index (Phi) is 5.96. The second-order valence-corrected chi connectivity index (χ2v) is 6.82. The summed E-state index contributed by atoms with van der Waals surface area (Å²) in [4.78, 5) is 0. The highest BCUT2D eigenvalue weighted by molar-refractivity contribution is 7.88. The molecular formula is C11H17N3O4S2. The van der Waals surface area contributed by atoms with Crippen molar-refractivity contribution in [1.29, 1.82) is 0 Å². The number of allylic oxidation sites excluding steroid dienone is 3. The molecule has 1 unspecified atom stereocenters. The molecule has 0 saturated heterocycles. The zero-order chi connectivity index (χ0) is 15.2. The van der Waals surface area contributed by atoms with Gasteiger partial charge in [-0.15, -0.1) is 4.40 Å². The summed E-state index contributed by atoms with van der Waals surface area (Å²) in [5.74, 6) is 0.430. The van der Waals surface area contributed by atoms with Gasteiger partial charge < -0.3 is 10.5 Å². The minimum atomic E-state index is -3.76. The molecule has 1 aliphatic rings. The minimum absolute atomic E-state index is 0.0333. The van der Waals surface area contributed by atoms with Crippen LogP contribution in [0.1, 0.15) is 6.92 Å². The molecule has 0 aromatic heterocycles. The maximum Gasteiger partial charge on any atom is 0.344 e. The fraction of sp³-hybridized carbons (Fsp3) is 0.364. The normalized spacial score (nSPS) is 20.0. The van der Waals surface area contributed by atoms with Gasteiger partial charge in [-0.1, -0.05) is 6.08 Å². The summed E-state index contributed by atoms with van der Waals surface area (Å²) >= 11 is 0. The molecule has 0 aromatic rings. The lowest BCUT2D eigenvalue weighted by atomic mass is 10.2. The first kappa shape index (κ1) is 16.4. The molecule has 0 aliphatic carbocycles. The molecular weight excluding hydrogens is 302 g/mol. The highest BCUT2D eigenvalue weighted by atomic mass is 32.2. The molecule has 0 bridgehead atoms. The van der Waals surface area contributed by atoms with E-state index >= 15 is 0 Å². The van der Waals surface area contributed by atoms with Gasteiger partial charge >= 0.3 is 10.2 Å². The smallest absolute Gasteiger partial charge is 0.344 e. The van der Waals surface area contributed by atoms with Crippen molar-refractivity contribution in [2.24, 2.45) is 10.1 Å². The van der Waals surface area contributed by atoms with E-state index in [0.717, 1.165) is 0 Å².